The number of carbonyl (C=O) groups is 2. The summed E-state index contributed by atoms with van der Waals surface area (Å²) >= 11 is 0. The van der Waals surface area contributed by atoms with Crippen LogP contribution in [0.25, 0.3) is 5.76 Å². The van der Waals surface area contributed by atoms with Crippen LogP contribution in [0.1, 0.15) is 49.3 Å². The zero-order valence-electron chi connectivity index (χ0n) is 15.8. The van der Waals surface area contributed by atoms with Gasteiger partial charge in [-0.2, -0.15) is 0 Å². The summed E-state index contributed by atoms with van der Waals surface area (Å²) in [5.74, 6) is -2.68. The third-order valence-corrected chi connectivity index (χ3v) is 5.75. The van der Waals surface area contributed by atoms with Gasteiger partial charge in [-0.3, -0.25) is 9.59 Å². The first kappa shape index (κ1) is 19.3. The molecule has 1 N–H and O–H groups in total. The number of hydrogen-bond donors (Lipinski definition) is 1. The monoisotopic (exact) mass is 397 g/mol. The SMILES string of the molecule is O=C1C(=O)N(C2CCCCC2)C(c2ccc(F)cc2)/C1=C(/O)c1ccc(F)cc1. The molecule has 0 bridgehead atoms. The van der Waals surface area contributed by atoms with Crippen molar-refractivity contribution >= 4 is 17.4 Å². The van der Waals surface area contributed by atoms with Crippen molar-refractivity contribution in [1.29, 1.82) is 0 Å². The van der Waals surface area contributed by atoms with E-state index in [1.54, 1.807) is 4.90 Å². The maximum atomic E-state index is 13.5. The van der Waals surface area contributed by atoms with Gasteiger partial charge in [0.2, 0.25) is 0 Å². The standard InChI is InChI=1S/C23H21F2NO3/c24-16-10-6-14(7-11-16)20-19(21(27)15-8-12-17(25)13-9-15)22(28)23(29)26(20)18-4-2-1-3-5-18/h6-13,18,20,27H,1-5H2/b21-19-. The van der Waals surface area contributed by atoms with E-state index in [2.05, 4.69) is 0 Å². The van der Waals surface area contributed by atoms with Gasteiger partial charge in [0.25, 0.3) is 11.7 Å². The Balaban J connectivity index is 1.86. The molecule has 0 spiro atoms. The minimum Gasteiger partial charge on any atom is -0.507 e. The molecule has 150 valence electrons. The first-order chi connectivity index (χ1) is 14.0. The first-order valence-corrected chi connectivity index (χ1v) is 9.79. The van der Waals surface area contributed by atoms with E-state index in [1.807, 2.05) is 0 Å². The molecule has 0 aromatic heterocycles. The third kappa shape index (κ3) is 3.55. The zero-order chi connectivity index (χ0) is 20.5. The lowest BCUT2D eigenvalue weighted by Crippen LogP contribution is -2.40. The molecule has 29 heavy (non-hydrogen) atoms. The highest BCUT2D eigenvalue weighted by Crippen LogP contribution is 2.43. The maximum Gasteiger partial charge on any atom is 0.295 e. The van der Waals surface area contributed by atoms with Crippen LogP contribution in [-0.2, 0) is 9.59 Å². The molecule has 1 aliphatic heterocycles. The van der Waals surface area contributed by atoms with Crippen molar-refractivity contribution in [3.63, 3.8) is 0 Å². The van der Waals surface area contributed by atoms with Crippen LogP contribution in [0.3, 0.4) is 0 Å². The fourth-order valence-electron chi connectivity index (χ4n) is 4.32. The van der Waals surface area contributed by atoms with E-state index < -0.39 is 29.4 Å². The average molecular weight is 397 g/mol. The van der Waals surface area contributed by atoms with Crippen molar-refractivity contribution in [3.8, 4) is 0 Å². The molecule has 0 radical (unpaired) electrons. The number of halogens is 2. The van der Waals surface area contributed by atoms with Gasteiger partial charge in [0.05, 0.1) is 11.6 Å². The number of ketones is 1. The summed E-state index contributed by atoms with van der Waals surface area (Å²) in [5.41, 5.74) is 0.763. The van der Waals surface area contributed by atoms with E-state index in [0.717, 1.165) is 32.1 Å². The number of amides is 1. The smallest absolute Gasteiger partial charge is 0.295 e. The lowest BCUT2D eigenvalue weighted by Gasteiger charge is -2.35. The molecule has 4 nitrogen and oxygen atoms in total. The maximum absolute atomic E-state index is 13.5. The minimum atomic E-state index is -0.802. The Bertz CT molecular complexity index is 961. The predicted molar refractivity (Wildman–Crippen MR) is 104 cm³/mol. The van der Waals surface area contributed by atoms with Crippen molar-refractivity contribution < 1.29 is 23.5 Å². The third-order valence-electron chi connectivity index (χ3n) is 5.75. The summed E-state index contributed by atoms with van der Waals surface area (Å²) in [5, 5.41) is 10.9. The summed E-state index contributed by atoms with van der Waals surface area (Å²) in [7, 11) is 0. The first-order valence-electron chi connectivity index (χ1n) is 9.79. The van der Waals surface area contributed by atoms with E-state index in [4.69, 9.17) is 0 Å². The number of benzene rings is 2. The van der Waals surface area contributed by atoms with Crippen molar-refractivity contribution in [2.45, 2.75) is 44.2 Å². The molecule has 6 heteroatoms. The lowest BCUT2D eigenvalue weighted by atomic mass is 9.91. The fourth-order valence-corrected chi connectivity index (χ4v) is 4.32. The van der Waals surface area contributed by atoms with Crippen molar-refractivity contribution in [1.82, 2.24) is 4.90 Å². The second kappa shape index (κ2) is 7.78. The highest BCUT2D eigenvalue weighted by molar-refractivity contribution is 6.46. The van der Waals surface area contributed by atoms with Gasteiger partial charge in [0, 0.05) is 11.6 Å². The fraction of sp³-hybridized carbons (Fsp3) is 0.304. The summed E-state index contributed by atoms with van der Waals surface area (Å²) in [6.07, 6.45) is 4.56. The molecule has 1 unspecified atom stereocenters. The molecule has 1 amide bonds. The van der Waals surface area contributed by atoms with Gasteiger partial charge in [0.1, 0.15) is 17.4 Å². The van der Waals surface area contributed by atoms with Crippen LogP contribution in [0.4, 0.5) is 8.78 Å². The lowest BCUT2D eigenvalue weighted by molar-refractivity contribution is -0.141. The van der Waals surface area contributed by atoms with Gasteiger partial charge in [-0.05, 0) is 54.8 Å². The largest absolute Gasteiger partial charge is 0.507 e. The molecule has 1 saturated carbocycles. The van der Waals surface area contributed by atoms with E-state index >= 15 is 0 Å². The van der Waals surface area contributed by atoms with Crippen LogP contribution >= 0.6 is 0 Å². The summed E-state index contributed by atoms with van der Waals surface area (Å²) < 4.78 is 26.8. The van der Waals surface area contributed by atoms with E-state index in [0.29, 0.717) is 5.56 Å². The van der Waals surface area contributed by atoms with E-state index in [-0.39, 0.29) is 22.9 Å². The number of nitrogens with zero attached hydrogens (tertiary/aromatic N) is 1. The number of rotatable bonds is 3. The molecule has 1 heterocycles. The number of aliphatic hydroxyl groups is 1. The quantitative estimate of drug-likeness (QED) is 0.463. The number of hydrogen-bond acceptors (Lipinski definition) is 3. The summed E-state index contributed by atoms with van der Waals surface area (Å²) in [6.45, 7) is 0. The van der Waals surface area contributed by atoms with Crippen LogP contribution in [0.15, 0.2) is 54.1 Å². The molecular weight excluding hydrogens is 376 g/mol. The van der Waals surface area contributed by atoms with Crippen molar-refractivity contribution in [2.75, 3.05) is 0 Å². The van der Waals surface area contributed by atoms with Crippen LogP contribution in [0.5, 0.6) is 0 Å². The molecule has 1 saturated heterocycles. The number of carbonyl (C=O) groups excluding carboxylic acids is 2. The molecular formula is C23H21F2NO3. The van der Waals surface area contributed by atoms with E-state index in [9.17, 15) is 23.5 Å². The summed E-state index contributed by atoms with van der Waals surface area (Å²) in [4.78, 5) is 27.4. The van der Waals surface area contributed by atoms with Crippen molar-refractivity contribution in [3.05, 3.63) is 76.9 Å². The Labute approximate surface area is 167 Å². The Kier molecular flexibility index (Phi) is 5.18. The van der Waals surface area contributed by atoms with Gasteiger partial charge < -0.3 is 10.0 Å². The van der Waals surface area contributed by atoms with Crippen LogP contribution in [0.2, 0.25) is 0 Å². The Morgan fingerprint density at radius 3 is 2.00 bits per heavy atom. The average Bonchev–Trinajstić information content (AvgIpc) is 3.00. The van der Waals surface area contributed by atoms with Crippen LogP contribution in [0, 0.1) is 11.6 Å². The molecule has 4 rings (SSSR count). The van der Waals surface area contributed by atoms with Gasteiger partial charge in [0.15, 0.2) is 0 Å². The number of Topliss-reactive ketones (excluding diaryl/α,β-unsaturated/α-hetero) is 1. The normalized spacial score (nSPS) is 22.3. The Morgan fingerprint density at radius 1 is 0.862 bits per heavy atom. The Morgan fingerprint density at radius 2 is 1.41 bits per heavy atom. The zero-order valence-corrected chi connectivity index (χ0v) is 15.8. The van der Waals surface area contributed by atoms with Crippen LogP contribution < -0.4 is 0 Å². The molecule has 1 atom stereocenters. The second-order valence-corrected chi connectivity index (χ2v) is 7.56. The van der Waals surface area contributed by atoms with Gasteiger partial charge in [-0.15, -0.1) is 0 Å². The van der Waals surface area contributed by atoms with Gasteiger partial charge >= 0.3 is 0 Å². The number of likely N-dealkylation sites (tertiary alicyclic amines) is 1. The summed E-state index contributed by atoms with van der Waals surface area (Å²) in [6, 6.07) is 9.76. The second-order valence-electron chi connectivity index (χ2n) is 7.56. The van der Waals surface area contributed by atoms with Gasteiger partial charge in [-0.25, -0.2) is 8.78 Å². The number of aliphatic hydroxyl groups excluding tert-OH is 1. The van der Waals surface area contributed by atoms with Crippen molar-refractivity contribution in [2.24, 2.45) is 0 Å². The minimum absolute atomic E-state index is 0.0428. The van der Waals surface area contributed by atoms with Gasteiger partial charge in [-0.1, -0.05) is 31.4 Å². The Hall–Kier alpha value is -3.02. The highest BCUT2D eigenvalue weighted by Gasteiger charge is 2.48. The van der Waals surface area contributed by atoms with E-state index in [1.165, 1.54) is 48.5 Å². The highest BCUT2D eigenvalue weighted by atomic mass is 19.1. The molecule has 2 fully saturated rings. The molecule has 2 aromatic rings. The molecule has 2 aromatic carbocycles. The van der Waals surface area contributed by atoms with Crippen LogP contribution in [-0.4, -0.2) is 27.7 Å². The topological polar surface area (TPSA) is 57.6 Å². The molecule has 2 aliphatic rings. The molecule has 1 aliphatic carbocycles. The predicted octanol–water partition coefficient (Wildman–Crippen LogP) is 4.72.